The number of allylic oxidation sites excluding steroid dienone is 2. The van der Waals surface area contributed by atoms with Crippen LogP contribution < -0.4 is 5.43 Å². The SMILES string of the molecule is O=C1NN2C3CCCC=C3CC2C2N=CC=CC12. The normalized spacial score (nSPS) is 41.8. The maximum atomic E-state index is 12.1. The third-order valence-corrected chi connectivity index (χ3v) is 4.62. The summed E-state index contributed by atoms with van der Waals surface area (Å²) in [5.41, 5.74) is 4.62. The van der Waals surface area contributed by atoms with Gasteiger partial charge in [-0.1, -0.05) is 17.7 Å². The average molecular weight is 243 g/mol. The molecule has 3 aliphatic heterocycles. The molecular weight excluding hydrogens is 226 g/mol. The van der Waals surface area contributed by atoms with E-state index >= 15 is 0 Å². The van der Waals surface area contributed by atoms with Crippen LogP contribution in [0.25, 0.3) is 0 Å². The highest BCUT2D eigenvalue weighted by Crippen LogP contribution is 2.40. The lowest BCUT2D eigenvalue weighted by Crippen LogP contribution is -2.62. The van der Waals surface area contributed by atoms with E-state index in [-0.39, 0.29) is 17.9 Å². The first-order valence-corrected chi connectivity index (χ1v) is 6.82. The third-order valence-electron chi connectivity index (χ3n) is 4.62. The molecule has 2 fully saturated rings. The average Bonchev–Trinajstić information content (AvgIpc) is 2.78. The fourth-order valence-electron chi connectivity index (χ4n) is 3.78. The Bertz CT molecular complexity index is 479. The number of nitrogens with one attached hydrogen (secondary N) is 1. The van der Waals surface area contributed by atoms with Crippen LogP contribution in [0.15, 0.2) is 28.8 Å². The number of hydrazine groups is 1. The van der Waals surface area contributed by atoms with Crippen LogP contribution in [-0.4, -0.2) is 35.3 Å². The number of aliphatic imine (C=N–C) groups is 1. The van der Waals surface area contributed by atoms with Crippen molar-refractivity contribution in [1.82, 2.24) is 10.4 Å². The van der Waals surface area contributed by atoms with E-state index in [1.54, 1.807) is 0 Å². The first kappa shape index (κ1) is 10.5. The fourth-order valence-corrected chi connectivity index (χ4v) is 3.78. The van der Waals surface area contributed by atoms with Crippen LogP contribution in [0.1, 0.15) is 25.7 Å². The van der Waals surface area contributed by atoms with Gasteiger partial charge in [-0.3, -0.25) is 15.2 Å². The van der Waals surface area contributed by atoms with Gasteiger partial charge in [0.2, 0.25) is 5.91 Å². The highest BCUT2D eigenvalue weighted by Gasteiger charge is 2.49. The van der Waals surface area contributed by atoms with Gasteiger partial charge >= 0.3 is 0 Å². The van der Waals surface area contributed by atoms with Crippen molar-refractivity contribution in [2.24, 2.45) is 10.9 Å². The van der Waals surface area contributed by atoms with Gasteiger partial charge in [0.05, 0.1) is 24.0 Å². The van der Waals surface area contributed by atoms with Crippen molar-refractivity contribution >= 4 is 12.1 Å². The summed E-state index contributed by atoms with van der Waals surface area (Å²) in [6.07, 6.45) is 12.7. The topological polar surface area (TPSA) is 44.7 Å². The summed E-state index contributed by atoms with van der Waals surface area (Å²) >= 11 is 0. The molecule has 1 amide bonds. The summed E-state index contributed by atoms with van der Waals surface area (Å²) < 4.78 is 0. The lowest BCUT2D eigenvalue weighted by atomic mass is 9.87. The van der Waals surface area contributed by atoms with Gasteiger partial charge in [0.25, 0.3) is 0 Å². The van der Waals surface area contributed by atoms with Crippen LogP contribution in [0, 0.1) is 5.92 Å². The molecule has 3 heterocycles. The Balaban J connectivity index is 1.71. The van der Waals surface area contributed by atoms with Gasteiger partial charge in [-0.15, -0.1) is 0 Å². The number of dihydropyridines is 1. The van der Waals surface area contributed by atoms with E-state index in [4.69, 9.17) is 0 Å². The number of rotatable bonds is 0. The molecule has 4 aliphatic rings. The van der Waals surface area contributed by atoms with E-state index in [2.05, 4.69) is 21.5 Å². The Labute approximate surface area is 106 Å². The number of hydrogen-bond donors (Lipinski definition) is 1. The number of nitrogens with zero attached hydrogens (tertiary/aromatic N) is 2. The zero-order valence-corrected chi connectivity index (χ0v) is 10.2. The maximum absolute atomic E-state index is 12.1. The van der Waals surface area contributed by atoms with E-state index in [1.165, 1.54) is 24.8 Å². The fraction of sp³-hybridized carbons (Fsp3) is 0.571. The molecule has 2 saturated heterocycles. The first-order chi connectivity index (χ1) is 8.84. The second-order valence-electron chi connectivity index (χ2n) is 5.58. The predicted octanol–water partition coefficient (Wildman–Crippen LogP) is 1.21. The summed E-state index contributed by atoms with van der Waals surface area (Å²) in [5.74, 6) is 0.0353. The van der Waals surface area contributed by atoms with E-state index < -0.39 is 0 Å². The number of carbonyl (C=O) groups excluding carboxylic acids is 1. The number of amides is 1. The minimum atomic E-state index is -0.0722. The number of hydrogen-bond acceptors (Lipinski definition) is 3. The van der Waals surface area contributed by atoms with Gasteiger partial charge in [0.1, 0.15) is 0 Å². The zero-order valence-electron chi connectivity index (χ0n) is 10.2. The molecule has 4 rings (SSSR count). The van der Waals surface area contributed by atoms with Crippen molar-refractivity contribution in [3.8, 4) is 0 Å². The molecule has 1 aliphatic carbocycles. The zero-order chi connectivity index (χ0) is 12.1. The molecule has 0 bridgehead atoms. The molecule has 1 N–H and O–H groups in total. The molecule has 4 atom stereocenters. The van der Waals surface area contributed by atoms with Gasteiger partial charge in [-0.2, -0.15) is 0 Å². The summed E-state index contributed by atoms with van der Waals surface area (Å²) in [6.45, 7) is 0. The van der Waals surface area contributed by atoms with Crippen molar-refractivity contribution in [3.63, 3.8) is 0 Å². The molecule has 4 heteroatoms. The van der Waals surface area contributed by atoms with Crippen LogP contribution in [0.4, 0.5) is 0 Å². The van der Waals surface area contributed by atoms with Gasteiger partial charge in [0, 0.05) is 6.21 Å². The molecule has 0 radical (unpaired) electrons. The first-order valence-electron chi connectivity index (χ1n) is 6.82. The molecular formula is C14H17N3O. The van der Waals surface area contributed by atoms with Crippen LogP contribution in [-0.2, 0) is 4.79 Å². The minimum Gasteiger partial charge on any atom is -0.287 e. The molecule has 4 unspecified atom stereocenters. The molecule has 18 heavy (non-hydrogen) atoms. The van der Waals surface area contributed by atoms with Crippen molar-refractivity contribution < 1.29 is 4.79 Å². The predicted molar refractivity (Wildman–Crippen MR) is 69.0 cm³/mol. The van der Waals surface area contributed by atoms with E-state index in [0.717, 1.165) is 6.42 Å². The smallest absolute Gasteiger partial charge is 0.243 e. The molecule has 0 aromatic heterocycles. The number of fused-ring (bicyclic) bond motifs is 5. The standard InChI is InChI=1S/C14H17N3O/c18-14-10-5-3-7-15-13(10)12-8-9-4-1-2-6-11(9)17(12)16-14/h3-5,7,10-13H,1-2,6,8H2,(H,16,18). The van der Waals surface area contributed by atoms with E-state index in [1.807, 2.05) is 18.4 Å². The Kier molecular flexibility index (Phi) is 2.21. The van der Waals surface area contributed by atoms with Crippen LogP contribution >= 0.6 is 0 Å². The Morgan fingerprint density at radius 2 is 2.39 bits per heavy atom. The summed E-state index contributed by atoms with van der Waals surface area (Å²) in [7, 11) is 0. The highest BCUT2D eigenvalue weighted by molar-refractivity contribution is 5.85. The monoisotopic (exact) mass is 243 g/mol. The summed E-state index contributed by atoms with van der Waals surface area (Å²) in [4.78, 5) is 16.7. The molecule has 94 valence electrons. The van der Waals surface area contributed by atoms with Crippen LogP contribution in [0.2, 0.25) is 0 Å². The molecule has 0 aromatic rings. The molecule has 0 saturated carbocycles. The van der Waals surface area contributed by atoms with Gasteiger partial charge < -0.3 is 0 Å². The van der Waals surface area contributed by atoms with E-state index in [9.17, 15) is 4.79 Å². The van der Waals surface area contributed by atoms with Crippen molar-refractivity contribution in [2.75, 3.05) is 0 Å². The Hall–Kier alpha value is -1.42. The molecule has 4 nitrogen and oxygen atoms in total. The van der Waals surface area contributed by atoms with Gasteiger partial charge in [0.15, 0.2) is 0 Å². The van der Waals surface area contributed by atoms with Crippen molar-refractivity contribution in [1.29, 1.82) is 0 Å². The Morgan fingerprint density at radius 3 is 3.33 bits per heavy atom. The second kappa shape index (κ2) is 3.79. The van der Waals surface area contributed by atoms with Crippen LogP contribution in [0.3, 0.4) is 0 Å². The number of carbonyl (C=O) groups is 1. The Morgan fingerprint density at radius 1 is 1.44 bits per heavy atom. The maximum Gasteiger partial charge on any atom is 0.243 e. The second-order valence-corrected chi connectivity index (χ2v) is 5.58. The summed E-state index contributed by atoms with van der Waals surface area (Å²) in [5, 5.41) is 2.19. The van der Waals surface area contributed by atoms with Crippen LogP contribution in [0.5, 0.6) is 0 Å². The van der Waals surface area contributed by atoms with Crippen molar-refractivity contribution in [2.45, 2.75) is 43.8 Å². The van der Waals surface area contributed by atoms with Gasteiger partial charge in [-0.05, 0) is 31.8 Å². The largest absolute Gasteiger partial charge is 0.287 e. The highest BCUT2D eigenvalue weighted by atomic mass is 16.2. The van der Waals surface area contributed by atoms with Gasteiger partial charge in [-0.25, -0.2) is 5.01 Å². The summed E-state index contributed by atoms with van der Waals surface area (Å²) in [6, 6.07) is 0.883. The molecule has 0 aromatic carbocycles. The minimum absolute atomic E-state index is 0.0722. The third kappa shape index (κ3) is 1.35. The lowest BCUT2D eigenvalue weighted by molar-refractivity contribution is -0.136. The van der Waals surface area contributed by atoms with Crippen molar-refractivity contribution in [3.05, 3.63) is 23.8 Å². The quantitative estimate of drug-likeness (QED) is 0.650. The van der Waals surface area contributed by atoms with E-state index in [0.29, 0.717) is 12.1 Å². The lowest BCUT2D eigenvalue weighted by Gasteiger charge is -2.41. The molecule has 0 spiro atoms.